The summed E-state index contributed by atoms with van der Waals surface area (Å²) in [5.41, 5.74) is 0.322. The highest BCUT2D eigenvalue weighted by atomic mass is 19.4. The van der Waals surface area contributed by atoms with Gasteiger partial charge >= 0.3 is 12.1 Å². The second-order valence-electron chi connectivity index (χ2n) is 6.01. The zero-order valence-electron chi connectivity index (χ0n) is 13.8. The summed E-state index contributed by atoms with van der Waals surface area (Å²) in [6, 6.07) is 13.2. The molecule has 0 aromatic heterocycles. The molecule has 3 nitrogen and oxygen atoms in total. The van der Waals surface area contributed by atoms with E-state index in [2.05, 4.69) is 5.32 Å². The standard InChI is InChI=1S/C19H20F3NO2/c1-13(11-15-9-5-6-10-16(15)19(20,21)22)23-17(18(24)25)12-14-7-3-2-4-8-14/h2-10,13,17,23H,11-12H2,1H3,(H,24,25)/t13?,17-/m0/s1. The van der Waals surface area contributed by atoms with E-state index in [1.165, 1.54) is 12.1 Å². The quantitative estimate of drug-likeness (QED) is 0.795. The average molecular weight is 351 g/mol. The zero-order valence-corrected chi connectivity index (χ0v) is 13.8. The van der Waals surface area contributed by atoms with Crippen LogP contribution in [0.25, 0.3) is 0 Å². The van der Waals surface area contributed by atoms with Gasteiger partial charge in [0.15, 0.2) is 0 Å². The zero-order chi connectivity index (χ0) is 18.4. The van der Waals surface area contributed by atoms with Gasteiger partial charge in [0.1, 0.15) is 6.04 Å². The first-order chi connectivity index (χ1) is 11.8. The maximum Gasteiger partial charge on any atom is 0.416 e. The van der Waals surface area contributed by atoms with Gasteiger partial charge in [0.05, 0.1) is 5.56 Å². The lowest BCUT2D eigenvalue weighted by Crippen LogP contribution is -2.44. The van der Waals surface area contributed by atoms with Crippen LogP contribution in [0.15, 0.2) is 54.6 Å². The topological polar surface area (TPSA) is 49.3 Å². The van der Waals surface area contributed by atoms with Crippen LogP contribution in [0.5, 0.6) is 0 Å². The van der Waals surface area contributed by atoms with E-state index < -0.39 is 29.8 Å². The Bertz CT molecular complexity index is 701. The Morgan fingerprint density at radius 1 is 1.04 bits per heavy atom. The average Bonchev–Trinajstić information content (AvgIpc) is 2.54. The van der Waals surface area contributed by atoms with Crippen molar-refractivity contribution in [2.45, 2.75) is 38.0 Å². The van der Waals surface area contributed by atoms with Gasteiger partial charge in [0.25, 0.3) is 0 Å². The number of carbonyl (C=O) groups is 1. The number of alkyl halides is 3. The molecule has 2 atom stereocenters. The summed E-state index contributed by atoms with van der Waals surface area (Å²) in [6.45, 7) is 1.69. The van der Waals surface area contributed by atoms with E-state index >= 15 is 0 Å². The van der Waals surface area contributed by atoms with Gasteiger partial charge in [-0.2, -0.15) is 13.2 Å². The predicted octanol–water partition coefficient (Wildman–Crippen LogP) is 3.92. The van der Waals surface area contributed by atoms with Gasteiger partial charge in [-0.1, -0.05) is 48.5 Å². The molecule has 0 spiro atoms. The third-order valence-corrected chi connectivity index (χ3v) is 3.92. The van der Waals surface area contributed by atoms with Crippen molar-refractivity contribution in [1.29, 1.82) is 0 Å². The number of benzene rings is 2. The molecule has 0 aliphatic heterocycles. The van der Waals surface area contributed by atoms with Gasteiger partial charge in [0.2, 0.25) is 0 Å². The summed E-state index contributed by atoms with van der Waals surface area (Å²) in [7, 11) is 0. The van der Waals surface area contributed by atoms with Crippen molar-refractivity contribution in [3.05, 3.63) is 71.3 Å². The molecule has 0 amide bonds. The van der Waals surface area contributed by atoms with Crippen LogP contribution in [0.4, 0.5) is 13.2 Å². The Kier molecular flexibility index (Phi) is 6.20. The minimum absolute atomic E-state index is 0.0915. The van der Waals surface area contributed by atoms with Crippen LogP contribution >= 0.6 is 0 Å². The number of nitrogens with one attached hydrogen (secondary N) is 1. The maximum absolute atomic E-state index is 13.1. The first-order valence-electron chi connectivity index (χ1n) is 7.95. The minimum Gasteiger partial charge on any atom is -0.480 e. The fourth-order valence-corrected chi connectivity index (χ4v) is 2.77. The second kappa shape index (κ2) is 8.16. The van der Waals surface area contributed by atoms with Gasteiger partial charge in [-0.15, -0.1) is 0 Å². The first kappa shape index (κ1) is 19.0. The fourth-order valence-electron chi connectivity index (χ4n) is 2.77. The summed E-state index contributed by atoms with van der Waals surface area (Å²) < 4.78 is 39.2. The van der Waals surface area contributed by atoms with Crippen molar-refractivity contribution in [3.8, 4) is 0 Å². The normalized spacial score (nSPS) is 14.1. The summed E-state index contributed by atoms with van der Waals surface area (Å²) in [5.74, 6) is -1.03. The van der Waals surface area contributed by atoms with Gasteiger partial charge in [-0.05, 0) is 37.0 Å². The summed E-state index contributed by atoms with van der Waals surface area (Å²) in [6.07, 6.45) is -4.07. The molecule has 2 rings (SSSR count). The van der Waals surface area contributed by atoms with Crippen LogP contribution in [0, 0.1) is 0 Å². The van der Waals surface area contributed by atoms with E-state index in [1.807, 2.05) is 30.3 Å². The Labute approximate surface area is 144 Å². The molecule has 1 unspecified atom stereocenters. The van der Waals surface area contributed by atoms with E-state index in [4.69, 9.17) is 0 Å². The predicted molar refractivity (Wildman–Crippen MR) is 89.3 cm³/mol. The highest BCUT2D eigenvalue weighted by Crippen LogP contribution is 2.32. The van der Waals surface area contributed by atoms with Crippen molar-refractivity contribution in [1.82, 2.24) is 5.32 Å². The van der Waals surface area contributed by atoms with Gasteiger partial charge in [-0.3, -0.25) is 4.79 Å². The summed E-state index contributed by atoms with van der Waals surface area (Å²) >= 11 is 0. The monoisotopic (exact) mass is 351 g/mol. The number of aliphatic carboxylic acids is 1. The Morgan fingerprint density at radius 3 is 2.24 bits per heavy atom. The molecule has 0 fully saturated rings. The number of halogens is 3. The molecule has 0 bridgehead atoms. The molecule has 0 aliphatic carbocycles. The number of rotatable bonds is 7. The molecule has 0 saturated heterocycles. The summed E-state index contributed by atoms with van der Waals surface area (Å²) in [4.78, 5) is 11.5. The Balaban J connectivity index is 2.07. The molecule has 2 N–H and O–H groups in total. The highest BCUT2D eigenvalue weighted by Gasteiger charge is 2.33. The molecule has 0 radical (unpaired) electrons. The van der Waals surface area contributed by atoms with Crippen LogP contribution in [0.3, 0.4) is 0 Å². The van der Waals surface area contributed by atoms with Crippen LogP contribution in [-0.4, -0.2) is 23.2 Å². The van der Waals surface area contributed by atoms with Crippen molar-refractivity contribution < 1.29 is 23.1 Å². The third kappa shape index (κ3) is 5.60. The Morgan fingerprint density at radius 2 is 1.64 bits per heavy atom. The SMILES string of the molecule is CC(Cc1ccccc1C(F)(F)F)N[C@@H](Cc1ccccc1)C(=O)O. The van der Waals surface area contributed by atoms with E-state index in [0.29, 0.717) is 0 Å². The molecule has 0 saturated carbocycles. The molecule has 2 aromatic rings. The second-order valence-corrected chi connectivity index (χ2v) is 6.01. The van der Waals surface area contributed by atoms with E-state index in [9.17, 15) is 23.1 Å². The van der Waals surface area contributed by atoms with Crippen molar-refractivity contribution >= 4 is 5.97 Å². The number of hydrogen-bond acceptors (Lipinski definition) is 2. The van der Waals surface area contributed by atoms with Crippen molar-refractivity contribution in [2.75, 3.05) is 0 Å². The van der Waals surface area contributed by atoms with Crippen LogP contribution in [0.1, 0.15) is 23.6 Å². The molecule has 0 aliphatic rings. The smallest absolute Gasteiger partial charge is 0.416 e. The fraction of sp³-hybridized carbons (Fsp3) is 0.316. The van der Waals surface area contributed by atoms with Crippen molar-refractivity contribution in [2.24, 2.45) is 0 Å². The van der Waals surface area contributed by atoms with Crippen LogP contribution < -0.4 is 5.32 Å². The first-order valence-corrected chi connectivity index (χ1v) is 7.95. The molecule has 134 valence electrons. The largest absolute Gasteiger partial charge is 0.480 e. The van der Waals surface area contributed by atoms with Crippen LogP contribution in [0.2, 0.25) is 0 Å². The third-order valence-electron chi connectivity index (χ3n) is 3.92. The van der Waals surface area contributed by atoms with Gasteiger partial charge < -0.3 is 10.4 Å². The Hall–Kier alpha value is -2.34. The van der Waals surface area contributed by atoms with Crippen LogP contribution in [-0.2, 0) is 23.8 Å². The summed E-state index contributed by atoms with van der Waals surface area (Å²) in [5, 5.41) is 12.3. The lowest BCUT2D eigenvalue weighted by atomic mass is 9.99. The number of hydrogen-bond donors (Lipinski definition) is 2. The molecular formula is C19H20F3NO2. The van der Waals surface area contributed by atoms with Gasteiger partial charge in [0, 0.05) is 6.04 Å². The molecule has 0 heterocycles. The molecule has 2 aromatic carbocycles. The maximum atomic E-state index is 13.1. The minimum atomic E-state index is -4.42. The molecular weight excluding hydrogens is 331 g/mol. The number of carboxylic acids is 1. The van der Waals surface area contributed by atoms with E-state index in [1.54, 1.807) is 13.0 Å². The lowest BCUT2D eigenvalue weighted by molar-refractivity contribution is -0.140. The van der Waals surface area contributed by atoms with Gasteiger partial charge in [-0.25, -0.2) is 0 Å². The highest BCUT2D eigenvalue weighted by molar-refractivity contribution is 5.74. The molecule has 25 heavy (non-hydrogen) atoms. The van der Waals surface area contributed by atoms with Crippen molar-refractivity contribution in [3.63, 3.8) is 0 Å². The van der Waals surface area contributed by atoms with E-state index in [-0.39, 0.29) is 18.4 Å². The lowest BCUT2D eigenvalue weighted by Gasteiger charge is -2.22. The number of carboxylic acid groups (broad SMARTS) is 1. The van der Waals surface area contributed by atoms with E-state index in [0.717, 1.165) is 11.6 Å². The molecule has 6 heteroatoms.